The van der Waals surface area contributed by atoms with Crippen molar-refractivity contribution in [3.8, 4) is 17.4 Å². The normalized spacial score (nSPS) is 11.9. The first-order valence-electron chi connectivity index (χ1n) is 8.64. The molecule has 0 fully saturated rings. The van der Waals surface area contributed by atoms with E-state index in [1.165, 1.54) is 0 Å². The molecule has 0 aromatic carbocycles. The number of nitrogens with zero attached hydrogens (tertiary/aromatic N) is 6. The summed E-state index contributed by atoms with van der Waals surface area (Å²) in [6.07, 6.45) is 5.21. The quantitative estimate of drug-likeness (QED) is 0.548. The zero-order valence-electron chi connectivity index (χ0n) is 15.7. The van der Waals surface area contributed by atoms with Gasteiger partial charge in [0.25, 0.3) is 0 Å². The van der Waals surface area contributed by atoms with E-state index in [4.69, 9.17) is 9.26 Å². The predicted octanol–water partition coefficient (Wildman–Crippen LogP) is 3.36. The van der Waals surface area contributed by atoms with Gasteiger partial charge in [0.15, 0.2) is 5.69 Å². The average molecular weight is 364 g/mol. The molecule has 0 N–H and O–H groups in total. The molecule has 8 nitrogen and oxygen atoms in total. The van der Waals surface area contributed by atoms with Crippen LogP contribution in [0.1, 0.15) is 37.7 Å². The van der Waals surface area contributed by atoms with Gasteiger partial charge in [0, 0.05) is 29.6 Å². The van der Waals surface area contributed by atoms with Crippen LogP contribution in [-0.4, -0.2) is 30.0 Å². The predicted molar refractivity (Wildman–Crippen MR) is 98.3 cm³/mol. The fourth-order valence-electron chi connectivity index (χ4n) is 2.94. The second-order valence-corrected chi connectivity index (χ2v) is 7.37. The molecule has 0 saturated heterocycles. The van der Waals surface area contributed by atoms with Crippen molar-refractivity contribution >= 4 is 5.52 Å². The molecule has 0 aliphatic carbocycles. The molecule has 0 saturated carbocycles. The summed E-state index contributed by atoms with van der Waals surface area (Å²) in [5.41, 5.74) is 3.13. The summed E-state index contributed by atoms with van der Waals surface area (Å²) in [4.78, 5) is 4.12. The smallest absolute Gasteiger partial charge is 0.238 e. The van der Waals surface area contributed by atoms with Crippen molar-refractivity contribution in [1.82, 2.24) is 30.0 Å². The Bertz CT molecular complexity index is 1080. The van der Waals surface area contributed by atoms with Crippen molar-refractivity contribution < 1.29 is 9.26 Å². The molecule has 0 bridgehead atoms. The first-order chi connectivity index (χ1) is 12.9. The Kier molecular flexibility index (Phi) is 4.10. The van der Waals surface area contributed by atoms with Crippen LogP contribution in [0.2, 0.25) is 0 Å². The summed E-state index contributed by atoms with van der Waals surface area (Å²) in [7, 11) is 0. The molecular formula is C19H20N6O2. The molecule has 4 heterocycles. The van der Waals surface area contributed by atoms with E-state index < -0.39 is 0 Å². The molecule has 138 valence electrons. The lowest BCUT2D eigenvalue weighted by molar-refractivity contribution is 0.284. The van der Waals surface area contributed by atoms with E-state index in [-0.39, 0.29) is 5.41 Å². The van der Waals surface area contributed by atoms with Crippen LogP contribution in [0, 0.1) is 6.92 Å². The molecular weight excluding hydrogens is 344 g/mol. The molecule has 0 amide bonds. The van der Waals surface area contributed by atoms with Gasteiger partial charge in [-0.15, -0.1) is 10.2 Å². The van der Waals surface area contributed by atoms with Gasteiger partial charge in [0.2, 0.25) is 11.7 Å². The average Bonchev–Trinajstić information content (AvgIpc) is 3.23. The minimum atomic E-state index is -0.202. The fraction of sp³-hybridized carbons (Fsp3) is 0.316. The number of aromatic nitrogens is 6. The topological polar surface area (TPSA) is 91.2 Å². The number of hydrogen-bond donors (Lipinski definition) is 0. The highest BCUT2D eigenvalue weighted by molar-refractivity contribution is 5.64. The summed E-state index contributed by atoms with van der Waals surface area (Å²) < 4.78 is 13.0. The maximum Gasteiger partial charge on any atom is 0.238 e. The van der Waals surface area contributed by atoms with Crippen LogP contribution in [-0.2, 0) is 12.0 Å². The maximum atomic E-state index is 6.06. The van der Waals surface area contributed by atoms with Crippen LogP contribution in [0.25, 0.3) is 17.0 Å². The van der Waals surface area contributed by atoms with E-state index >= 15 is 0 Å². The fourth-order valence-corrected chi connectivity index (χ4v) is 2.94. The molecule has 0 aliphatic heterocycles. The molecule has 4 aromatic rings. The molecule has 0 spiro atoms. The Labute approximate surface area is 156 Å². The van der Waals surface area contributed by atoms with Crippen molar-refractivity contribution in [3.63, 3.8) is 0 Å². The molecule has 4 rings (SSSR count). The third-order valence-corrected chi connectivity index (χ3v) is 4.13. The van der Waals surface area contributed by atoms with E-state index in [9.17, 15) is 0 Å². The zero-order valence-corrected chi connectivity index (χ0v) is 15.7. The van der Waals surface area contributed by atoms with Crippen molar-refractivity contribution in [1.29, 1.82) is 0 Å². The van der Waals surface area contributed by atoms with Gasteiger partial charge < -0.3 is 9.26 Å². The SMILES string of the molecule is Cc1cc(-c2nncc3c(C(C)(C)C)c(OCc4cccnc4)nn23)no1. The number of ether oxygens (including phenoxy) is 1. The molecule has 27 heavy (non-hydrogen) atoms. The van der Waals surface area contributed by atoms with Crippen LogP contribution in [0.4, 0.5) is 0 Å². The molecule has 0 aliphatic rings. The highest BCUT2D eigenvalue weighted by Gasteiger charge is 2.28. The van der Waals surface area contributed by atoms with E-state index in [0.29, 0.717) is 29.8 Å². The van der Waals surface area contributed by atoms with Gasteiger partial charge in [-0.3, -0.25) is 4.98 Å². The molecule has 0 unspecified atom stereocenters. The zero-order chi connectivity index (χ0) is 19.0. The highest BCUT2D eigenvalue weighted by Crippen LogP contribution is 2.35. The highest BCUT2D eigenvalue weighted by atomic mass is 16.5. The van der Waals surface area contributed by atoms with Crippen LogP contribution in [0.5, 0.6) is 5.88 Å². The van der Waals surface area contributed by atoms with E-state index in [2.05, 4.69) is 46.2 Å². The summed E-state index contributed by atoms with van der Waals surface area (Å²) in [5.74, 6) is 1.74. The van der Waals surface area contributed by atoms with E-state index in [1.807, 2.05) is 19.1 Å². The van der Waals surface area contributed by atoms with Gasteiger partial charge in [0.1, 0.15) is 12.4 Å². The third kappa shape index (κ3) is 3.25. The lowest BCUT2D eigenvalue weighted by Gasteiger charge is -2.18. The lowest BCUT2D eigenvalue weighted by atomic mass is 9.88. The summed E-state index contributed by atoms with van der Waals surface area (Å²) in [6, 6.07) is 5.65. The minimum Gasteiger partial charge on any atom is -0.471 e. The second-order valence-electron chi connectivity index (χ2n) is 7.37. The lowest BCUT2D eigenvalue weighted by Crippen LogP contribution is -2.13. The van der Waals surface area contributed by atoms with Crippen LogP contribution >= 0.6 is 0 Å². The van der Waals surface area contributed by atoms with Gasteiger partial charge >= 0.3 is 0 Å². The molecule has 0 atom stereocenters. The standard InChI is InChI=1S/C19H20N6O2/c1-12-8-14(24-27-12)17-22-21-10-15-16(19(2,3)4)18(23-25(15)17)26-11-13-6-5-7-20-9-13/h5-10H,11H2,1-4H3. The Morgan fingerprint density at radius 2 is 2.07 bits per heavy atom. The van der Waals surface area contributed by atoms with E-state index in [1.54, 1.807) is 29.2 Å². The Morgan fingerprint density at radius 3 is 2.74 bits per heavy atom. The first-order valence-corrected chi connectivity index (χ1v) is 8.64. The third-order valence-electron chi connectivity index (χ3n) is 4.13. The number of rotatable bonds is 4. The Hall–Kier alpha value is -3.29. The summed E-state index contributed by atoms with van der Waals surface area (Å²) in [6.45, 7) is 8.54. The monoisotopic (exact) mass is 364 g/mol. The number of fused-ring (bicyclic) bond motifs is 1. The molecule has 0 radical (unpaired) electrons. The van der Waals surface area contributed by atoms with Crippen LogP contribution in [0.15, 0.2) is 41.3 Å². The molecule has 4 aromatic heterocycles. The molecule has 8 heteroatoms. The van der Waals surface area contributed by atoms with Crippen molar-refractivity contribution in [2.24, 2.45) is 0 Å². The van der Waals surface area contributed by atoms with Crippen molar-refractivity contribution in [2.45, 2.75) is 39.7 Å². The number of pyridine rings is 1. The van der Waals surface area contributed by atoms with Crippen LogP contribution < -0.4 is 4.74 Å². The number of aryl methyl sites for hydroxylation is 1. The van der Waals surface area contributed by atoms with Crippen molar-refractivity contribution in [2.75, 3.05) is 0 Å². The largest absolute Gasteiger partial charge is 0.471 e. The van der Waals surface area contributed by atoms with Gasteiger partial charge in [-0.2, -0.15) is 5.10 Å². The van der Waals surface area contributed by atoms with E-state index in [0.717, 1.165) is 16.6 Å². The van der Waals surface area contributed by atoms with Gasteiger partial charge in [-0.1, -0.05) is 32.0 Å². The maximum absolute atomic E-state index is 6.06. The summed E-state index contributed by atoms with van der Waals surface area (Å²) >= 11 is 0. The van der Waals surface area contributed by atoms with Gasteiger partial charge in [0.05, 0.1) is 11.7 Å². The Morgan fingerprint density at radius 1 is 1.22 bits per heavy atom. The second kappa shape index (κ2) is 6.46. The van der Waals surface area contributed by atoms with Gasteiger partial charge in [-0.25, -0.2) is 4.52 Å². The minimum absolute atomic E-state index is 0.202. The van der Waals surface area contributed by atoms with Crippen molar-refractivity contribution in [3.05, 3.63) is 53.7 Å². The van der Waals surface area contributed by atoms with Gasteiger partial charge in [-0.05, 0) is 18.4 Å². The van der Waals surface area contributed by atoms with Crippen LogP contribution in [0.3, 0.4) is 0 Å². The first kappa shape index (κ1) is 17.1. The Balaban J connectivity index is 1.82. The number of hydrogen-bond acceptors (Lipinski definition) is 7. The summed E-state index contributed by atoms with van der Waals surface area (Å²) in [5, 5.41) is 17.1.